The summed E-state index contributed by atoms with van der Waals surface area (Å²) in [4.78, 5) is 3.87. The number of aromatic nitrogens is 2. The molecule has 1 unspecified atom stereocenters. The van der Waals surface area contributed by atoms with E-state index in [1.807, 2.05) is 6.92 Å². The Kier molecular flexibility index (Phi) is 4.49. The van der Waals surface area contributed by atoms with E-state index in [4.69, 9.17) is 0 Å². The Morgan fingerprint density at radius 1 is 1.50 bits per heavy atom. The van der Waals surface area contributed by atoms with Crippen LogP contribution in [-0.4, -0.2) is 30.3 Å². The molecule has 1 rings (SSSR count). The molecule has 6 heteroatoms. The lowest BCUT2D eigenvalue weighted by atomic mass is 10.2. The zero-order valence-corrected chi connectivity index (χ0v) is 10.4. The molecule has 1 radical (unpaired) electrons. The Hall–Kier alpha value is -0.880. The van der Waals surface area contributed by atoms with Crippen LogP contribution in [0.4, 0.5) is 0 Å². The molecule has 0 N–H and O–H groups in total. The fourth-order valence-corrected chi connectivity index (χ4v) is 3.21. The lowest BCUT2D eigenvalue weighted by Gasteiger charge is -2.09. The minimum Gasteiger partial charge on any atom is -0.322 e. The van der Waals surface area contributed by atoms with E-state index in [2.05, 4.69) is 4.98 Å². The topological polar surface area (TPSA) is 71.9 Å². The van der Waals surface area contributed by atoms with Gasteiger partial charge in [-0.15, -0.1) is 0 Å². The van der Waals surface area contributed by atoms with Crippen molar-refractivity contribution in [2.24, 2.45) is 5.92 Å². The van der Waals surface area contributed by atoms with Crippen LogP contribution < -0.4 is 0 Å². The summed E-state index contributed by atoms with van der Waals surface area (Å²) in [5, 5.41) is 10.7. The maximum absolute atomic E-state index is 11.9. The Morgan fingerprint density at radius 3 is 2.75 bits per heavy atom. The van der Waals surface area contributed by atoms with Gasteiger partial charge in [-0.2, -0.15) is 0 Å². The predicted octanol–water partition coefficient (Wildman–Crippen LogP) is 1.13. The van der Waals surface area contributed by atoms with Gasteiger partial charge in [-0.05, 0) is 12.3 Å². The van der Waals surface area contributed by atoms with Crippen LogP contribution in [-0.2, 0) is 21.5 Å². The number of imidazole rings is 1. The molecular weight excluding hydrogens is 228 g/mol. The molecular formula is C10H17N2O3S. The number of nitrogens with zero attached hydrogens (tertiary/aromatic N) is 2. The first-order valence-electron chi connectivity index (χ1n) is 5.33. The third-order valence-electron chi connectivity index (χ3n) is 2.21. The van der Waals surface area contributed by atoms with E-state index < -0.39 is 9.84 Å². The van der Waals surface area contributed by atoms with Crippen molar-refractivity contribution in [1.29, 1.82) is 0 Å². The first kappa shape index (κ1) is 13.2. The highest BCUT2D eigenvalue weighted by Gasteiger charge is 2.23. The van der Waals surface area contributed by atoms with Crippen LogP contribution in [0.15, 0.2) is 17.6 Å². The number of sulfone groups is 1. The van der Waals surface area contributed by atoms with Gasteiger partial charge in [0.15, 0.2) is 0 Å². The van der Waals surface area contributed by atoms with Gasteiger partial charge in [0.2, 0.25) is 15.0 Å². The van der Waals surface area contributed by atoms with Crippen molar-refractivity contribution in [3.05, 3.63) is 12.4 Å². The molecule has 0 fully saturated rings. The zero-order chi connectivity index (χ0) is 12.2. The van der Waals surface area contributed by atoms with E-state index in [-0.39, 0.29) is 23.4 Å². The summed E-state index contributed by atoms with van der Waals surface area (Å²) in [5.41, 5.74) is 0. The van der Waals surface area contributed by atoms with Crippen LogP contribution in [0.25, 0.3) is 0 Å². The Bertz CT molecular complexity index is 425. The van der Waals surface area contributed by atoms with Gasteiger partial charge in [-0.3, -0.25) is 0 Å². The molecule has 0 aromatic carbocycles. The molecule has 0 spiro atoms. The van der Waals surface area contributed by atoms with E-state index >= 15 is 0 Å². The van der Waals surface area contributed by atoms with Gasteiger partial charge in [0.25, 0.3) is 0 Å². The minimum atomic E-state index is -3.43. The second kappa shape index (κ2) is 5.45. The summed E-state index contributed by atoms with van der Waals surface area (Å²) < 4.78 is 25.5. The van der Waals surface area contributed by atoms with Gasteiger partial charge < -0.3 is 4.57 Å². The molecule has 0 amide bonds. The molecule has 1 aromatic heterocycles. The summed E-state index contributed by atoms with van der Waals surface area (Å²) in [6, 6.07) is 0. The predicted molar refractivity (Wildman–Crippen MR) is 59.3 cm³/mol. The van der Waals surface area contributed by atoms with Crippen molar-refractivity contribution in [1.82, 2.24) is 9.55 Å². The molecule has 0 aliphatic rings. The zero-order valence-electron chi connectivity index (χ0n) is 9.59. The smallest absolute Gasteiger partial charge is 0.227 e. The van der Waals surface area contributed by atoms with E-state index in [1.165, 1.54) is 6.20 Å². The molecule has 0 saturated heterocycles. The number of hydrogen-bond acceptors (Lipinski definition) is 3. The van der Waals surface area contributed by atoms with Crippen molar-refractivity contribution in [2.45, 2.75) is 32.0 Å². The summed E-state index contributed by atoms with van der Waals surface area (Å²) in [6.45, 7) is 3.85. The lowest BCUT2D eigenvalue weighted by Crippen LogP contribution is -2.20. The molecule has 1 atom stereocenters. The fourth-order valence-electron chi connectivity index (χ4n) is 1.48. The van der Waals surface area contributed by atoms with Gasteiger partial charge in [0, 0.05) is 18.9 Å². The van der Waals surface area contributed by atoms with Crippen molar-refractivity contribution in [3.8, 4) is 0 Å². The summed E-state index contributed by atoms with van der Waals surface area (Å²) in [6.07, 6.45) is 3.97. The first-order valence-corrected chi connectivity index (χ1v) is 6.98. The second-order valence-corrected chi connectivity index (χ2v) is 5.88. The SMILES string of the molecule is CCCn1ccnc1S(=O)(=O)CC(C)C[O]. The molecule has 5 nitrogen and oxygen atoms in total. The standard InChI is InChI=1S/C10H17N2O3S/c1-3-5-12-6-4-11-10(12)16(14,15)8-9(2)7-13/h4,6,9H,3,5,7-8H2,1-2H3. The minimum absolute atomic E-state index is 0.0784. The normalized spacial score (nSPS) is 13.9. The van der Waals surface area contributed by atoms with Crippen LogP contribution in [0.5, 0.6) is 0 Å². The maximum atomic E-state index is 11.9. The van der Waals surface area contributed by atoms with Crippen LogP contribution in [0, 0.1) is 5.92 Å². The highest BCUT2D eigenvalue weighted by Crippen LogP contribution is 2.12. The molecule has 91 valence electrons. The molecule has 0 aliphatic carbocycles. The van der Waals surface area contributed by atoms with Crippen LogP contribution >= 0.6 is 0 Å². The molecule has 0 aliphatic heterocycles. The molecule has 0 bridgehead atoms. The lowest BCUT2D eigenvalue weighted by molar-refractivity contribution is 0.159. The van der Waals surface area contributed by atoms with Gasteiger partial charge in [0.05, 0.1) is 12.4 Å². The number of aryl methyl sites for hydroxylation is 1. The molecule has 0 saturated carbocycles. The monoisotopic (exact) mass is 245 g/mol. The van der Waals surface area contributed by atoms with Crippen molar-refractivity contribution < 1.29 is 13.5 Å². The highest BCUT2D eigenvalue weighted by atomic mass is 32.2. The van der Waals surface area contributed by atoms with Crippen LogP contribution in [0.1, 0.15) is 20.3 Å². The van der Waals surface area contributed by atoms with E-state index in [0.717, 1.165) is 6.42 Å². The molecule has 16 heavy (non-hydrogen) atoms. The average Bonchev–Trinajstić information content (AvgIpc) is 2.66. The van der Waals surface area contributed by atoms with Gasteiger partial charge in [-0.1, -0.05) is 13.8 Å². The second-order valence-electron chi connectivity index (χ2n) is 3.96. The van der Waals surface area contributed by atoms with Gasteiger partial charge >= 0.3 is 0 Å². The summed E-state index contributed by atoms with van der Waals surface area (Å²) in [5.74, 6) is -0.506. The quantitative estimate of drug-likeness (QED) is 0.754. The van der Waals surface area contributed by atoms with Crippen molar-refractivity contribution in [3.63, 3.8) is 0 Å². The molecule has 1 aromatic rings. The molecule has 1 heterocycles. The van der Waals surface area contributed by atoms with Crippen LogP contribution in [0.3, 0.4) is 0 Å². The fraction of sp³-hybridized carbons (Fsp3) is 0.700. The largest absolute Gasteiger partial charge is 0.322 e. The van der Waals surface area contributed by atoms with Gasteiger partial charge in [-0.25, -0.2) is 18.5 Å². The summed E-state index contributed by atoms with van der Waals surface area (Å²) >= 11 is 0. The third-order valence-corrected chi connectivity index (χ3v) is 4.11. The Balaban J connectivity index is 2.93. The van der Waals surface area contributed by atoms with E-state index in [0.29, 0.717) is 6.54 Å². The number of rotatable bonds is 6. The highest BCUT2D eigenvalue weighted by molar-refractivity contribution is 7.91. The van der Waals surface area contributed by atoms with Crippen molar-refractivity contribution in [2.75, 3.05) is 12.4 Å². The van der Waals surface area contributed by atoms with Crippen molar-refractivity contribution >= 4 is 9.84 Å². The Morgan fingerprint density at radius 2 is 2.19 bits per heavy atom. The van der Waals surface area contributed by atoms with Gasteiger partial charge in [0.1, 0.15) is 0 Å². The summed E-state index contributed by atoms with van der Waals surface area (Å²) in [7, 11) is -3.43. The average molecular weight is 245 g/mol. The first-order chi connectivity index (χ1) is 7.51. The maximum Gasteiger partial charge on any atom is 0.227 e. The number of hydrogen-bond donors (Lipinski definition) is 0. The Labute approximate surface area is 96.0 Å². The van der Waals surface area contributed by atoms with E-state index in [1.54, 1.807) is 17.7 Å². The third kappa shape index (κ3) is 3.05. The van der Waals surface area contributed by atoms with E-state index in [9.17, 15) is 13.5 Å². The van der Waals surface area contributed by atoms with Crippen LogP contribution in [0.2, 0.25) is 0 Å².